The Balaban J connectivity index is 1.71. The number of nitrogens with one attached hydrogen (secondary N) is 2. The van der Waals surface area contributed by atoms with Crippen LogP contribution in [0.5, 0.6) is 0 Å². The predicted octanol–water partition coefficient (Wildman–Crippen LogP) is 1.15. The van der Waals surface area contributed by atoms with Gasteiger partial charge >= 0.3 is 6.03 Å². The number of hydrogen-bond donors (Lipinski definition) is 2. The first-order chi connectivity index (χ1) is 8.24. The van der Waals surface area contributed by atoms with E-state index >= 15 is 0 Å². The molecule has 1 aliphatic heterocycles. The number of hydrogen-bond acceptors (Lipinski definition) is 3. The van der Waals surface area contributed by atoms with Crippen molar-refractivity contribution < 1.29 is 4.79 Å². The second-order valence-corrected chi connectivity index (χ2v) is 4.49. The first-order valence-corrected chi connectivity index (χ1v) is 5.87. The molecular formula is C12H18N4O. The number of rotatable bonds is 3. The van der Waals surface area contributed by atoms with E-state index in [2.05, 4.69) is 27.6 Å². The van der Waals surface area contributed by atoms with E-state index in [1.807, 2.05) is 0 Å². The highest BCUT2D eigenvalue weighted by molar-refractivity contribution is 5.89. The molecule has 0 aliphatic carbocycles. The van der Waals surface area contributed by atoms with Gasteiger partial charge in [-0.1, -0.05) is 0 Å². The maximum atomic E-state index is 11.6. The molecule has 0 saturated carbocycles. The monoisotopic (exact) mass is 234 g/mol. The number of carbonyl (C=O) groups excluding carboxylic acids is 1. The molecule has 0 unspecified atom stereocenters. The summed E-state index contributed by atoms with van der Waals surface area (Å²) >= 11 is 0. The summed E-state index contributed by atoms with van der Waals surface area (Å²) in [6.45, 7) is 2.93. The average molecular weight is 234 g/mol. The maximum Gasteiger partial charge on any atom is 0.319 e. The summed E-state index contributed by atoms with van der Waals surface area (Å²) < 4.78 is 0. The van der Waals surface area contributed by atoms with Crippen molar-refractivity contribution in [2.75, 3.05) is 32.0 Å². The molecule has 1 atom stereocenters. The zero-order valence-electron chi connectivity index (χ0n) is 10.0. The van der Waals surface area contributed by atoms with Crippen LogP contribution in [-0.4, -0.2) is 42.6 Å². The summed E-state index contributed by atoms with van der Waals surface area (Å²) in [5.74, 6) is 0.572. The fourth-order valence-electron chi connectivity index (χ4n) is 2.04. The van der Waals surface area contributed by atoms with Crippen molar-refractivity contribution in [2.24, 2.45) is 5.92 Å². The van der Waals surface area contributed by atoms with Crippen molar-refractivity contribution in [1.82, 2.24) is 15.2 Å². The molecule has 1 aliphatic rings. The van der Waals surface area contributed by atoms with E-state index in [0.29, 0.717) is 5.92 Å². The number of carbonyl (C=O) groups is 1. The van der Waals surface area contributed by atoms with Crippen LogP contribution in [-0.2, 0) is 0 Å². The number of aromatic nitrogens is 1. The Kier molecular flexibility index (Phi) is 3.93. The van der Waals surface area contributed by atoms with E-state index in [-0.39, 0.29) is 6.03 Å². The van der Waals surface area contributed by atoms with Crippen LogP contribution < -0.4 is 10.6 Å². The van der Waals surface area contributed by atoms with Crippen molar-refractivity contribution in [2.45, 2.75) is 6.42 Å². The van der Waals surface area contributed by atoms with Gasteiger partial charge in [-0.15, -0.1) is 0 Å². The number of likely N-dealkylation sites (tertiary alicyclic amines) is 1. The summed E-state index contributed by atoms with van der Waals surface area (Å²) in [6.07, 6.45) is 4.47. The molecular weight excluding hydrogens is 216 g/mol. The lowest BCUT2D eigenvalue weighted by Crippen LogP contribution is -2.33. The zero-order valence-corrected chi connectivity index (χ0v) is 10.0. The standard InChI is InChI=1S/C12H18N4O/c1-16-7-4-10(9-16)8-14-12(17)15-11-2-5-13-6-3-11/h2-3,5-6,10H,4,7-9H2,1H3,(H2,13,14,15,17)/t10-/m0/s1. The summed E-state index contributed by atoms with van der Waals surface area (Å²) in [4.78, 5) is 17.8. The van der Waals surface area contributed by atoms with Gasteiger partial charge in [0.05, 0.1) is 0 Å². The van der Waals surface area contributed by atoms with Crippen LogP contribution in [0, 0.1) is 5.92 Å². The Morgan fingerprint density at radius 1 is 1.53 bits per heavy atom. The lowest BCUT2D eigenvalue weighted by Gasteiger charge is -2.12. The fourth-order valence-corrected chi connectivity index (χ4v) is 2.04. The molecule has 1 saturated heterocycles. The summed E-state index contributed by atoms with van der Waals surface area (Å²) in [6, 6.07) is 3.39. The number of nitrogens with zero attached hydrogens (tertiary/aromatic N) is 2. The van der Waals surface area contributed by atoms with Crippen LogP contribution in [0.4, 0.5) is 10.5 Å². The molecule has 0 radical (unpaired) electrons. The van der Waals surface area contributed by atoms with E-state index in [4.69, 9.17) is 0 Å². The van der Waals surface area contributed by atoms with Crippen LogP contribution >= 0.6 is 0 Å². The Hall–Kier alpha value is -1.62. The van der Waals surface area contributed by atoms with Gasteiger partial charge in [-0.3, -0.25) is 4.98 Å². The number of amides is 2. The Morgan fingerprint density at radius 3 is 2.94 bits per heavy atom. The molecule has 0 bridgehead atoms. The van der Waals surface area contributed by atoms with Crippen molar-refractivity contribution >= 4 is 11.7 Å². The summed E-state index contributed by atoms with van der Waals surface area (Å²) in [7, 11) is 2.11. The number of urea groups is 1. The molecule has 2 amide bonds. The first kappa shape index (κ1) is 11.9. The predicted molar refractivity (Wildman–Crippen MR) is 66.9 cm³/mol. The number of pyridine rings is 1. The first-order valence-electron chi connectivity index (χ1n) is 5.87. The highest BCUT2D eigenvalue weighted by Gasteiger charge is 2.19. The molecule has 17 heavy (non-hydrogen) atoms. The lowest BCUT2D eigenvalue weighted by atomic mass is 10.1. The van der Waals surface area contributed by atoms with Crippen LogP contribution in [0.15, 0.2) is 24.5 Å². The van der Waals surface area contributed by atoms with Gasteiger partial charge in [-0.05, 0) is 38.1 Å². The topological polar surface area (TPSA) is 57.3 Å². The van der Waals surface area contributed by atoms with Gasteiger partial charge < -0.3 is 15.5 Å². The van der Waals surface area contributed by atoms with Crippen LogP contribution in [0.3, 0.4) is 0 Å². The maximum absolute atomic E-state index is 11.6. The molecule has 0 aromatic carbocycles. The van der Waals surface area contributed by atoms with Crippen molar-refractivity contribution in [1.29, 1.82) is 0 Å². The molecule has 1 aromatic heterocycles. The third-order valence-electron chi connectivity index (χ3n) is 2.98. The largest absolute Gasteiger partial charge is 0.338 e. The van der Waals surface area contributed by atoms with Gasteiger partial charge in [0, 0.05) is 31.2 Å². The van der Waals surface area contributed by atoms with E-state index in [1.54, 1.807) is 24.5 Å². The SMILES string of the molecule is CN1CC[C@@H](CNC(=O)Nc2ccncc2)C1. The molecule has 1 aromatic rings. The van der Waals surface area contributed by atoms with Gasteiger partial charge in [-0.2, -0.15) is 0 Å². The molecule has 5 nitrogen and oxygen atoms in total. The van der Waals surface area contributed by atoms with Crippen molar-refractivity contribution in [3.63, 3.8) is 0 Å². The molecule has 2 rings (SSSR count). The van der Waals surface area contributed by atoms with Crippen LogP contribution in [0.1, 0.15) is 6.42 Å². The van der Waals surface area contributed by atoms with E-state index in [9.17, 15) is 4.79 Å². The second kappa shape index (κ2) is 5.63. The Bertz CT molecular complexity index is 368. The normalized spacial score (nSPS) is 20.2. The zero-order chi connectivity index (χ0) is 12.1. The van der Waals surface area contributed by atoms with Gasteiger partial charge in [0.1, 0.15) is 0 Å². The third-order valence-corrected chi connectivity index (χ3v) is 2.98. The fraction of sp³-hybridized carbons (Fsp3) is 0.500. The van der Waals surface area contributed by atoms with E-state index in [0.717, 1.165) is 31.7 Å². The Morgan fingerprint density at radius 2 is 2.29 bits per heavy atom. The quantitative estimate of drug-likeness (QED) is 0.825. The highest BCUT2D eigenvalue weighted by atomic mass is 16.2. The smallest absolute Gasteiger partial charge is 0.319 e. The average Bonchev–Trinajstić information content (AvgIpc) is 2.74. The summed E-state index contributed by atoms with van der Waals surface area (Å²) in [5.41, 5.74) is 0.765. The van der Waals surface area contributed by atoms with E-state index in [1.165, 1.54) is 0 Å². The molecule has 5 heteroatoms. The van der Waals surface area contributed by atoms with Crippen molar-refractivity contribution in [3.8, 4) is 0 Å². The van der Waals surface area contributed by atoms with Gasteiger partial charge in [0.2, 0.25) is 0 Å². The minimum absolute atomic E-state index is 0.147. The highest BCUT2D eigenvalue weighted by Crippen LogP contribution is 2.12. The second-order valence-electron chi connectivity index (χ2n) is 4.49. The molecule has 2 N–H and O–H groups in total. The summed E-state index contributed by atoms with van der Waals surface area (Å²) in [5, 5.41) is 5.67. The molecule has 1 fully saturated rings. The van der Waals surface area contributed by atoms with Gasteiger partial charge in [-0.25, -0.2) is 4.79 Å². The molecule has 0 spiro atoms. The van der Waals surface area contributed by atoms with Crippen molar-refractivity contribution in [3.05, 3.63) is 24.5 Å². The molecule has 92 valence electrons. The molecule has 2 heterocycles. The van der Waals surface area contributed by atoms with Gasteiger partial charge in [0.15, 0.2) is 0 Å². The minimum atomic E-state index is -0.147. The Labute approximate surface area is 101 Å². The lowest BCUT2D eigenvalue weighted by molar-refractivity contribution is 0.250. The number of anilines is 1. The van der Waals surface area contributed by atoms with Crippen LogP contribution in [0.2, 0.25) is 0 Å². The van der Waals surface area contributed by atoms with E-state index < -0.39 is 0 Å². The van der Waals surface area contributed by atoms with Gasteiger partial charge in [0.25, 0.3) is 0 Å². The van der Waals surface area contributed by atoms with Crippen LogP contribution in [0.25, 0.3) is 0 Å². The minimum Gasteiger partial charge on any atom is -0.338 e. The third kappa shape index (κ3) is 3.71.